The van der Waals surface area contributed by atoms with Crippen LogP contribution in [-0.2, 0) is 4.79 Å². The van der Waals surface area contributed by atoms with E-state index in [1.54, 1.807) is 6.92 Å². The van der Waals surface area contributed by atoms with Crippen LogP contribution in [0.5, 0.6) is 0 Å². The molecule has 0 aromatic carbocycles. The molecule has 0 bridgehead atoms. The first-order valence-electron chi connectivity index (χ1n) is 3.87. The molecule has 1 rings (SSSR count). The van der Waals surface area contributed by atoms with E-state index in [1.165, 1.54) is 4.68 Å². The molecule has 0 aliphatic rings. The van der Waals surface area contributed by atoms with E-state index in [-0.39, 0.29) is 0 Å². The Bertz CT molecular complexity index is 346. The maximum Gasteiger partial charge on any atom is 0.0888 e. The zero-order valence-electron chi connectivity index (χ0n) is 7.67. The van der Waals surface area contributed by atoms with E-state index in [0.717, 1.165) is 15.9 Å². The van der Waals surface area contributed by atoms with E-state index >= 15 is 0 Å². The summed E-state index contributed by atoms with van der Waals surface area (Å²) in [6.07, 6.45) is 0. The average Bonchev–Trinajstić information content (AvgIpc) is 2.31. The van der Waals surface area contributed by atoms with E-state index in [4.69, 9.17) is 0 Å². The van der Waals surface area contributed by atoms with Gasteiger partial charge in [-0.2, -0.15) is 5.10 Å². The summed E-state index contributed by atoms with van der Waals surface area (Å²) in [6, 6.07) is -0.731. The number of carbonyl (C=O) groups is 1. The molecule has 13 heavy (non-hydrogen) atoms. The zero-order chi connectivity index (χ0) is 10.2. The molecule has 0 N–H and O–H groups in total. The van der Waals surface area contributed by atoms with Gasteiger partial charge < -0.3 is 9.90 Å². The van der Waals surface area contributed by atoms with Crippen molar-refractivity contribution in [1.29, 1.82) is 0 Å². The second kappa shape index (κ2) is 3.49. The molecule has 0 saturated carbocycles. The molecule has 0 fully saturated rings. The molecule has 1 aromatic rings. The van der Waals surface area contributed by atoms with E-state index < -0.39 is 12.0 Å². The predicted octanol–water partition coefficient (Wildman–Crippen LogP) is 0.573. The minimum atomic E-state index is -1.13. The lowest BCUT2D eigenvalue weighted by atomic mass is 10.3. The summed E-state index contributed by atoms with van der Waals surface area (Å²) in [5.74, 6) is -1.13. The summed E-state index contributed by atoms with van der Waals surface area (Å²) < 4.78 is 2.29. The highest BCUT2D eigenvalue weighted by molar-refractivity contribution is 9.10. The molecule has 0 amide bonds. The molecule has 0 aliphatic heterocycles. The molecule has 1 aromatic heterocycles. The Labute approximate surface area is 84.7 Å². The van der Waals surface area contributed by atoms with Crippen molar-refractivity contribution in [3.63, 3.8) is 0 Å². The predicted molar refractivity (Wildman–Crippen MR) is 49.1 cm³/mol. The molecular formula is C8H10BrN2O2-. The fourth-order valence-corrected chi connectivity index (χ4v) is 1.38. The summed E-state index contributed by atoms with van der Waals surface area (Å²) in [7, 11) is 0. The lowest BCUT2D eigenvalue weighted by Crippen LogP contribution is -2.32. The number of hydrogen-bond donors (Lipinski definition) is 0. The summed E-state index contributed by atoms with van der Waals surface area (Å²) in [5.41, 5.74) is 1.58. The Balaban J connectivity index is 3.15. The van der Waals surface area contributed by atoms with Gasteiger partial charge in [-0.15, -0.1) is 0 Å². The van der Waals surface area contributed by atoms with Crippen LogP contribution >= 0.6 is 15.9 Å². The molecule has 0 spiro atoms. The lowest BCUT2D eigenvalue weighted by molar-refractivity contribution is -0.310. The highest BCUT2D eigenvalue weighted by Gasteiger charge is 2.14. The van der Waals surface area contributed by atoms with Gasteiger partial charge in [0, 0.05) is 0 Å². The van der Waals surface area contributed by atoms with Gasteiger partial charge in [-0.25, -0.2) is 0 Å². The van der Waals surface area contributed by atoms with Crippen LogP contribution in [0, 0.1) is 13.8 Å². The number of aliphatic carboxylic acids is 1. The number of rotatable bonds is 2. The first kappa shape index (κ1) is 10.2. The van der Waals surface area contributed by atoms with Gasteiger partial charge in [0.2, 0.25) is 0 Å². The van der Waals surface area contributed by atoms with Crippen LogP contribution in [0.25, 0.3) is 0 Å². The molecule has 0 radical (unpaired) electrons. The summed E-state index contributed by atoms with van der Waals surface area (Å²) in [5, 5.41) is 14.7. The van der Waals surface area contributed by atoms with Crippen molar-refractivity contribution in [3.8, 4) is 0 Å². The number of nitrogens with zero attached hydrogens (tertiary/aromatic N) is 2. The van der Waals surface area contributed by atoms with Crippen LogP contribution in [-0.4, -0.2) is 15.7 Å². The fourth-order valence-electron chi connectivity index (χ4n) is 1.12. The quantitative estimate of drug-likeness (QED) is 0.766. The van der Waals surface area contributed by atoms with Gasteiger partial charge in [0.25, 0.3) is 0 Å². The third kappa shape index (κ3) is 1.75. The molecule has 1 heterocycles. The van der Waals surface area contributed by atoms with Crippen LogP contribution in [0.4, 0.5) is 0 Å². The maximum absolute atomic E-state index is 10.6. The van der Waals surface area contributed by atoms with Crippen LogP contribution in [0.1, 0.15) is 24.4 Å². The highest BCUT2D eigenvalue weighted by atomic mass is 79.9. The second-order valence-electron chi connectivity index (χ2n) is 2.92. The molecule has 0 unspecified atom stereocenters. The van der Waals surface area contributed by atoms with Crippen molar-refractivity contribution in [1.82, 2.24) is 9.78 Å². The molecule has 4 nitrogen and oxygen atoms in total. The summed E-state index contributed by atoms with van der Waals surface area (Å²) >= 11 is 3.32. The Morgan fingerprint density at radius 3 is 2.46 bits per heavy atom. The van der Waals surface area contributed by atoms with Crippen LogP contribution < -0.4 is 5.11 Å². The van der Waals surface area contributed by atoms with Gasteiger partial charge in [-0.05, 0) is 36.7 Å². The molecule has 72 valence electrons. The van der Waals surface area contributed by atoms with Gasteiger partial charge in [0.05, 0.1) is 27.9 Å². The third-order valence-electron chi connectivity index (χ3n) is 1.94. The molecule has 5 heteroatoms. The Kier molecular flexibility index (Phi) is 2.75. The van der Waals surface area contributed by atoms with Crippen LogP contribution in [0.2, 0.25) is 0 Å². The van der Waals surface area contributed by atoms with Gasteiger partial charge in [-0.3, -0.25) is 4.68 Å². The standard InChI is InChI=1S/C8H11BrN2O2/c1-4-7(9)5(2)11(10-4)6(3)8(12)13/h6H,1-3H3,(H,12,13)/p-1/t6-/m0/s1. The van der Waals surface area contributed by atoms with Crippen molar-refractivity contribution < 1.29 is 9.90 Å². The van der Waals surface area contributed by atoms with Crippen molar-refractivity contribution in [2.75, 3.05) is 0 Å². The largest absolute Gasteiger partial charge is 0.548 e. The van der Waals surface area contributed by atoms with E-state index in [9.17, 15) is 9.90 Å². The Morgan fingerprint density at radius 1 is 1.62 bits per heavy atom. The molecule has 1 atom stereocenters. The Hall–Kier alpha value is -0.840. The summed E-state index contributed by atoms with van der Waals surface area (Å²) in [4.78, 5) is 10.6. The number of aryl methyl sites for hydroxylation is 1. The molecular weight excluding hydrogens is 236 g/mol. The lowest BCUT2D eigenvalue weighted by Gasteiger charge is -2.14. The zero-order valence-corrected chi connectivity index (χ0v) is 9.25. The van der Waals surface area contributed by atoms with E-state index in [2.05, 4.69) is 21.0 Å². The smallest absolute Gasteiger partial charge is 0.0888 e. The van der Waals surface area contributed by atoms with Gasteiger partial charge in [0.1, 0.15) is 0 Å². The van der Waals surface area contributed by atoms with Crippen LogP contribution in [0.3, 0.4) is 0 Å². The molecule has 0 saturated heterocycles. The number of carboxylic acid groups (broad SMARTS) is 1. The summed E-state index contributed by atoms with van der Waals surface area (Å²) in [6.45, 7) is 5.17. The number of hydrogen-bond acceptors (Lipinski definition) is 3. The van der Waals surface area contributed by atoms with E-state index in [1.807, 2.05) is 13.8 Å². The normalized spacial score (nSPS) is 12.9. The average molecular weight is 246 g/mol. The van der Waals surface area contributed by atoms with Gasteiger partial charge >= 0.3 is 0 Å². The topological polar surface area (TPSA) is 58.0 Å². The monoisotopic (exact) mass is 245 g/mol. The van der Waals surface area contributed by atoms with Crippen molar-refractivity contribution in [3.05, 3.63) is 15.9 Å². The minimum Gasteiger partial charge on any atom is -0.548 e. The second-order valence-corrected chi connectivity index (χ2v) is 3.72. The van der Waals surface area contributed by atoms with Crippen molar-refractivity contribution >= 4 is 21.9 Å². The molecule has 0 aliphatic carbocycles. The number of carboxylic acids is 1. The minimum absolute atomic E-state index is 0.731. The van der Waals surface area contributed by atoms with Crippen LogP contribution in [0.15, 0.2) is 4.47 Å². The maximum atomic E-state index is 10.6. The number of carbonyl (C=O) groups excluding carboxylic acids is 1. The van der Waals surface area contributed by atoms with Crippen molar-refractivity contribution in [2.24, 2.45) is 0 Å². The van der Waals surface area contributed by atoms with Gasteiger partial charge in [-0.1, -0.05) is 0 Å². The number of halogens is 1. The van der Waals surface area contributed by atoms with E-state index in [0.29, 0.717) is 0 Å². The first-order chi connectivity index (χ1) is 5.95. The van der Waals surface area contributed by atoms with Gasteiger partial charge in [0.15, 0.2) is 0 Å². The fraction of sp³-hybridized carbons (Fsp3) is 0.500. The first-order valence-corrected chi connectivity index (χ1v) is 4.66. The third-order valence-corrected chi connectivity index (χ3v) is 3.09. The number of aromatic nitrogens is 2. The van der Waals surface area contributed by atoms with Crippen molar-refractivity contribution in [2.45, 2.75) is 26.8 Å². The highest BCUT2D eigenvalue weighted by Crippen LogP contribution is 2.22. The SMILES string of the molecule is Cc1nn([C@@H](C)C(=O)[O-])c(C)c1Br. The Morgan fingerprint density at radius 2 is 2.15 bits per heavy atom.